The summed E-state index contributed by atoms with van der Waals surface area (Å²) in [5.74, 6) is -0.948. The van der Waals surface area contributed by atoms with Crippen molar-refractivity contribution in [3.8, 4) is 0 Å². The summed E-state index contributed by atoms with van der Waals surface area (Å²) in [6.45, 7) is 4.96. The fourth-order valence-corrected chi connectivity index (χ4v) is 5.31. The Hall–Kier alpha value is -1.71. The van der Waals surface area contributed by atoms with Crippen molar-refractivity contribution in [2.45, 2.75) is 52.2 Å². The summed E-state index contributed by atoms with van der Waals surface area (Å²) in [5, 5.41) is 4.06. The number of amides is 2. The van der Waals surface area contributed by atoms with Crippen molar-refractivity contribution < 1.29 is 18.0 Å². The van der Waals surface area contributed by atoms with Crippen LogP contribution in [-0.2, 0) is 26.2 Å². The van der Waals surface area contributed by atoms with Gasteiger partial charge in [0.2, 0.25) is 21.8 Å². The van der Waals surface area contributed by atoms with Gasteiger partial charge in [-0.3, -0.25) is 13.9 Å². The van der Waals surface area contributed by atoms with E-state index in [0.29, 0.717) is 28.5 Å². The van der Waals surface area contributed by atoms with E-state index in [-0.39, 0.29) is 34.2 Å². The van der Waals surface area contributed by atoms with Crippen LogP contribution in [-0.4, -0.2) is 50.0 Å². The molecule has 2 rings (SSSR count). The number of hydrogen-bond acceptors (Lipinski definition) is 4. The molecule has 0 aliphatic rings. The molecule has 0 heterocycles. The molecule has 1 N–H and O–H groups in total. The Bertz CT molecular complexity index is 1190. The van der Waals surface area contributed by atoms with Crippen LogP contribution in [0, 0.1) is 0 Å². The molecule has 0 bridgehead atoms. The van der Waals surface area contributed by atoms with Crippen LogP contribution < -0.4 is 9.62 Å². The molecule has 2 atom stereocenters. The van der Waals surface area contributed by atoms with Gasteiger partial charge in [-0.05, 0) is 55.7 Å². The van der Waals surface area contributed by atoms with Gasteiger partial charge in [-0.15, -0.1) is 0 Å². The first kappa shape index (κ1) is 30.5. The Balaban J connectivity index is 2.51. The van der Waals surface area contributed by atoms with Gasteiger partial charge in [0, 0.05) is 32.7 Å². The molecule has 0 radical (unpaired) electrons. The third-order valence-electron chi connectivity index (χ3n) is 5.56. The van der Waals surface area contributed by atoms with E-state index in [2.05, 4.69) is 5.32 Å². The minimum Gasteiger partial charge on any atom is -0.352 e. The first-order valence-corrected chi connectivity index (χ1v) is 14.6. The summed E-state index contributed by atoms with van der Waals surface area (Å²) < 4.78 is 26.3. The molecule has 0 aliphatic heterocycles. The topological polar surface area (TPSA) is 86.8 Å². The van der Waals surface area contributed by atoms with Crippen LogP contribution in [0.15, 0.2) is 36.4 Å². The Morgan fingerprint density at radius 2 is 1.56 bits per heavy atom. The first-order chi connectivity index (χ1) is 16.8. The quantitative estimate of drug-likeness (QED) is 0.356. The van der Waals surface area contributed by atoms with Gasteiger partial charge >= 0.3 is 0 Å². The average molecular weight is 597 g/mol. The monoisotopic (exact) mass is 595 g/mol. The minimum absolute atomic E-state index is 0.0326. The molecule has 0 aromatic heterocycles. The van der Waals surface area contributed by atoms with Crippen molar-refractivity contribution >= 4 is 73.9 Å². The molecule has 2 unspecified atom stereocenters. The van der Waals surface area contributed by atoms with Gasteiger partial charge in [-0.2, -0.15) is 0 Å². The SMILES string of the molecule is CCC(C)NC(=O)C(CC)N(Cc1ccc(Cl)cc1Cl)C(=O)CN(c1cc(Cl)cc(Cl)c1)S(C)(=O)=O. The standard InChI is InChI=1S/C24H29Cl4N3O4S/c1-5-15(3)29-24(33)22(6-2)30(13-16-7-8-17(25)12-21(16)28)23(32)14-31(36(4,34)35)20-10-18(26)9-19(27)11-20/h7-12,15,22H,5-6,13-14H2,1-4H3,(H,29,33). The van der Waals surface area contributed by atoms with Crippen molar-refractivity contribution in [2.24, 2.45) is 0 Å². The third-order valence-corrected chi connectivity index (χ3v) is 7.72. The highest BCUT2D eigenvalue weighted by molar-refractivity contribution is 7.92. The molecule has 0 saturated heterocycles. The summed E-state index contributed by atoms with van der Waals surface area (Å²) in [5.41, 5.74) is 0.686. The molecule has 36 heavy (non-hydrogen) atoms. The van der Waals surface area contributed by atoms with E-state index < -0.39 is 28.5 Å². The molecular weight excluding hydrogens is 568 g/mol. The van der Waals surface area contributed by atoms with Gasteiger partial charge in [-0.25, -0.2) is 8.42 Å². The highest BCUT2D eigenvalue weighted by Gasteiger charge is 2.32. The van der Waals surface area contributed by atoms with Crippen molar-refractivity contribution in [2.75, 3.05) is 17.1 Å². The summed E-state index contributed by atoms with van der Waals surface area (Å²) in [7, 11) is -3.92. The second-order valence-electron chi connectivity index (χ2n) is 8.40. The van der Waals surface area contributed by atoms with Gasteiger partial charge in [0.05, 0.1) is 11.9 Å². The number of benzene rings is 2. The number of hydrogen-bond donors (Lipinski definition) is 1. The number of rotatable bonds is 11. The van der Waals surface area contributed by atoms with Gasteiger partial charge in [0.15, 0.2) is 0 Å². The fourth-order valence-electron chi connectivity index (χ4n) is 3.49. The van der Waals surface area contributed by atoms with E-state index in [1.807, 2.05) is 13.8 Å². The number of sulfonamides is 1. The van der Waals surface area contributed by atoms with Crippen LogP contribution in [0.3, 0.4) is 0 Å². The molecular formula is C24H29Cl4N3O4S. The molecule has 0 spiro atoms. The molecule has 2 aromatic carbocycles. The molecule has 7 nitrogen and oxygen atoms in total. The Labute approximate surface area is 232 Å². The maximum Gasteiger partial charge on any atom is 0.244 e. The zero-order valence-electron chi connectivity index (χ0n) is 20.4. The highest BCUT2D eigenvalue weighted by atomic mass is 35.5. The van der Waals surface area contributed by atoms with Crippen LogP contribution in [0.25, 0.3) is 0 Å². The van der Waals surface area contributed by atoms with E-state index in [4.69, 9.17) is 46.4 Å². The Kier molecular flexibility index (Phi) is 11.2. The van der Waals surface area contributed by atoms with Gasteiger partial charge in [0.25, 0.3) is 0 Å². The highest BCUT2D eigenvalue weighted by Crippen LogP contribution is 2.28. The van der Waals surface area contributed by atoms with Crippen LogP contribution in [0.5, 0.6) is 0 Å². The van der Waals surface area contributed by atoms with E-state index in [1.54, 1.807) is 19.1 Å². The number of halogens is 4. The lowest BCUT2D eigenvalue weighted by Gasteiger charge is -2.33. The summed E-state index contributed by atoms with van der Waals surface area (Å²) in [6, 6.07) is 8.10. The maximum absolute atomic E-state index is 13.7. The van der Waals surface area contributed by atoms with Crippen LogP contribution in [0.1, 0.15) is 39.2 Å². The zero-order valence-corrected chi connectivity index (χ0v) is 24.2. The van der Waals surface area contributed by atoms with Crippen LogP contribution in [0.4, 0.5) is 5.69 Å². The number of nitrogens with zero attached hydrogens (tertiary/aromatic N) is 2. The van der Waals surface area contributed by atoms with Gasteiger partial charge < -0.3 is 10.2 Å². The lowest BCUT2D eigenvalue weighted by molar-refractivity contribution is -0.140. The maximum atomic E-state index is 13.7. The number of nitrogens with one attached hydrogen (secondary N) is 1. The zero-order chi connectivity index (χ0) is 27.2. The molecule has 0 aliphatic carbocycles. The van der Waals surface area contributed by atoms with Crippen LogP contribution in [0.2, 0.25) is 20.1 Å². The Morgan fingerprint density at radius 3 is 2.06 bits per heavy atom. The third kappa shape index (κ3) is 8.42. The van der Waals surface area contributed by atoms with E-state index >= 15 is 0 Å². The normalized spacial score (nSPS) is 13.1. The van der Waals surface area contributed by atoms with E-state index in [0.717, 1.165) is 10.6 Å². The van der Waals surface area contributed by atoms with Crippen molar-refractivity contribution in [3.05, 3.63) is 62.1 Å². The molecule has 0 saturated carbocycles. The van der Waals surface area contributed by atoms with Crippen molar-refractivity contribution in [1.29, 1.82) is 0 Å². The predicted octanol–water partition coefficient (Wildman–Crippen LogP) is 5.79. The lowest BCUT2D eigenvalue weighted by Crippen LogP contribution is -2.53. The largest absolute Gasteiger partial charge is 0.352 e. The lowest BCUT2D eigenvalue weighted by atomic mass is 10.1. The number of carbonyl (C=O) groups is 2. The Morgan fingerprint density at radius 1 is 0.944 bits per heavy atom. The van der Waals surface area contributed by atoms with Crippen molar-refractivity contribution in [1.82, 2.24) is 10.2 Å². The predicted molar refractivity (Wildman–Crippen MR) is 148 cm³/mol. The number of carbonyl (C=O) groups excluding carboxylic acids is 2. The molecule has 0 fully saturated rings. The summed E-state index contributed by atoms with van der Waals surface area (Å²) >= 11 is 24.5. The molecule has 2 aromatic rings. The number of anilines is 1. The smallest absolute Gasteiger partial charge is 0.244 e. The second-order valence-corrected chi connectivity index (χ2v) is 12.0. The fraction of sp³-hybridized carbons (Fsp3) is 0.417. The molecule has 198 valence electrons. The summed E-state index contributed by atoms with van der Waals surface area (Å²) in [6.07, 6.45) is 1.97. The van der Waals surface area contributed by atoms with Crippen molar-refractivity contribution in [3.63, 3.8) is 0 Å². The van der Waals surface area contributed by atoms with Gasteiger partial charge in [0.1, 0.15) is 12.6 Å². The van der Waals surface area contributed by atoms with Crippen LogP contribution >= 0.6 is 46.4 Å². The first-order valence-electron chi connectivity index (χ1n) is 11.2. The summed E-state index contributed by atoms with van der Waals surface area (Å²) in [4.78, 5) is 28.2. The molecule has 12 heteroatoms. The van der Waals surface area contributed by atoms with E-state index in [9.17, 15) is 18.0 Å². The van der Waals surface area contributed by atoms with Gasteiger partial charge in [-0.1, -0.05) is 66.3 Å². The second kappa shape index (κ2) is 13.2. The average Bonchev–Trinajstić information content (AvgIpc) is 2.76. The molecule has 2 amide bonds. The van der Waals surface area contributed by atoms with E-state index in [1.165, 1.54) is 29.2 Å². The minimum atomic E-state index is -3.92.